The SMILES string of the molecule is Cn1nnc2nc(N(CC(F)F)c3ccnc(C#CC4(C)CC4)c3)c3c(F)cncc3c21. The molecular formula is C22H18F3N7. The lowest BCUT2D eigenvalue weighted by atomic mass is 10.1. The summed E-state index contributed by atoms with van der Waals surface area (Å²) < 4.78 is 43.7. The van der Waals surface area contributed by atoms with Crippen LogP contribution in [0.25, 0.3) is 21.9 Å². The van der Waals surface area contributed by atoms with Gasteiger partial charge in [0.2, 0.25) is 5.65 Å². The molecule has 0 N–H and O–H groups in total. The van der Waals surface area contributed by atoms with Crippen LogP contribution in [0.3, 0.4) is 0 Å². The lowest BCUT2D eigenvalue weighted by Gasteiger charge is -2.25. The van der Waals surface area contributed by atoms with E-state index in [0.29, 0.717) is 22.3 Å². The molecule has 4 heterocycles. The highest BCUT2D eigenvalue weighted by molar-refractivity contribution is 6.08. The number of pyridine rings is 3. The van der Waals surface area contributed by atoms with Crippen molar-refractivity contribution in [2.75, 3.05) is 11.4 Å². The van der Waals surface area contributed by atoms with E-state index >= 15 is 0 Å². The number of alkyl halides is 2. The van der Waals surface area contributed by atoms with Crippen molar-refractivity contribution in [1.82, 2.24) is 29.9 Å². The molecule has 0 aromatic carbocycles. The number of halogens is 3. The smallest absolute Gasteiger partial charge is 0.256 e. The highest BCUT2D eigenvalue weighted by Crippen LogP contribution is 2.44. The largest absolute Gasteiger partial charge is 0.320 e. The van der Waals surface area contributed by atoms with E-state index in [1.807, 2.05) is 0 Å². The molecule has 32 heavy (non-hydrogen) atoms. The fraction of sp³-hybridized carbons (Fsp3) is 0.318. The summed E-state index contributed by atoms with van der Waals surface area (Å²) in [5, 5.41) is 8.38. The molecule has 10 heteroatoms. The van der Waals surface area contributed by atoms with Gasteiger partial charge in [0.25, 0.3) is 6.43 Å². The Morgan fingerprint density at radius 2 is 2.09 bits per heavy atom. The van der Waals surface area contributed by atoms with Gasteiger partial charge in [-0.25, -0.2) is 27.8 Å². The number of nitrogens with zero attached hydrogens (tertiary/aromatic N) is 7. The molecule has 0 spiro atoms. The van der Waals surface area contributed by atoms with Crippen LogP contribution < -0.4 is 4.90 Å². The molecule has 7 nitrogen and oxygen atoms in total. The zero-order valence-electron chi connectivity index (χ0n) is 17.3. The predicted octanol–water partition coefficient (Wildman–Crippen LogP) is 4.00. The Morgan fingerprint density at radius 1 is 1.28 bits per heavy atom. The standard InChI is InChI=1S/C22H18F3N7/c1-22(6-7-22)5-3-13-9-14(4-8-27-13)32(12-17(24)25)21-18-15(10-26-11-16(18)23)19-20(28-21)29-30-31(19)2/h4,8-11,17H,6-7,12H2,1-2H3. The molecular weight excluding hydrogens is 419 g/mol. The van der Waals surface area contributed by atoms with Gasteiger partial charge in [-0.2, -0.15) is 0 Å². The molecule has 0 aliphatic heterocycles. The summed E-state index contributed by atoms with van der Waals surface area (Å²) in [7, 11) is 1.64. The van der Waals surface area contributed by atoms with E-state index in [0.717, 1.165) is 19.0 Å². The zero-order valence-corrected chi connectivity index (χ0v) is 17.3. The van der Waals surface area contributed by atoms with E-state index in [9.17, 15) is 13.2 Å². The fourth-order valence-electron chi connectivity index (χ4n) is 3.54. The molecule has 0 bridgehead atoms. The molecule has 1 aliphatic rings. The minimum absolute atomic E-state index is 0.00691. The second-order valence-corrected chi connectivity index (χ2v) is 8.08. The normalized spacial score (nSPS) is 14.6. The summed E-state index contributed by atoms with van der Waals surface area (Å²) in [6, 6.07) is 3.18. The first-order chi connectivity index (χ1) is 15.3. The van der Waals surface area contributed by atoms with Gasteiger partial charge in [0, 0.05) is 35.9 Å². The van der Waals surface area contributed by atoms with Crippen molar-refractivity contribution in [3.63, 3.8) is 0 Å². The third-order valence-electron chi connectivity index (χ3n) is 5.52. The van der Waals surface area contributed by atoms with E-state index in [1.54, 1.807) is 19.2 Å². The fourth-order valence-corrected chi connectivity index (χ4v) is 3.54. The van der Waals surface area contributed by atoms with Gasteiger partial charge < -0.3 is 4.90 Å². The Balaban J connectivity index is 1.71. The molecule has 0 amide bonds. The summed E-state index contributed by atoms with van der Waals surface area (Å²) in [6.07, 6.45) is 3.33. The van der Waals surface area contributed by atoms with Crippen LogP contribution in [0.15, 0.2) is 30.7 Å². The van der Waals surface area contributed by atoms with Gasteiger partial charge in [0.1, 0.15) is 17.0 Å². The number of hydrogen-bond donors (Lipinski definition) is 0. The Kier molecular flexibility index (Phi) is 4.69. The highest BCUT2D eigenvalue weighted by atomic mass is 19.3. The maximum Gasteiger partial charge on any atom is 0.256 e. The number of anilines is 2. The Bertz CT molecular complexity index is 1400. The first-order valence-corrected chi connectivity index (χ1v) is 10.0. The second-order valence-electron chi connectivity index (χ2n) is 8.08. The van der Waals surface area contributed by atoms with E-state index in [2.05, 4.69) is 44.0 Å². The predicted molar refractivity (Wildman–Crippen MR) is 113 cm³/mol. The summed E-state index contributed by atoms with van der Waals surface area (Å²) in [5.41, 5.74) is 1.48. The molecule has 1 fully saturated rings. The lowest BCUT2D eigenvalue weighted by molar-refractivity contribution is 0.158. The number of aryl methyl sites for hydroxylation is 1. The van der Waals surface area contributed by atoms with Crippen LogP contribution in [0.1, 0.15) is 25.5 Å². The number of hydrogen-bond acceptors (Lipinski definition) is 6. The van der Waals surface area contributed by atoms with Gasteiger partial charge in [-0.1, -0.05) is 11.1 Å². The van der Waals surface area contributed by atoms with Gasteiger partial charge in [-0.05, 0) is 37.8 Å². The molecule has 162 valence electrons. The number of fused-ring (bicyclic) bond motifs is 3. The van der Waals surface area contributed by atoms with Crippen LogP contribution >= 0.6 is 0 Å². The zero-order chi connectivity index (χ0) is 22.5. The van der Waals surface area contributed by atoms with Crippen molar-refractivity contribution in [2.24, 2.45) is 12.5 Å². The van der Waals surface area contributed by atoms with Crippen LogP contribution in [0.4, 0.5) is 24.7 Å². The van der Waals surface area contributed by atoms with Crippen molar-refractivity contribution >= 4 is 33.4 Å². The first kappa shape index (κ1) is 20.2. The molecule has 0 unspecified atom stereocenters. The molecule has 4 aromatic rings. The summed E-state index contributed by atoms with van der Waals surface area (Å²) in [5.74, 6) is 5.53. The minimum Gasteiger partial charge on any atom is -0.320 e. The van der Waals surface area contributed by atoms with Crippen molar-refractivity contribution in [1.29, 1.82) is 0 Å². The molecule has 1 aliphatic carbocycles. The van der Waals surface area contributed by atoms with E-state index < -0.39 is 18.8 Å². The third-order valence-corrected chi connectivity index (χ3v) is 5.52. The number of rotatable bonds is 4. The van der Waals surface area contributed by atoms with E-state index in [-0.39, 0.29) is 22.3 Å². The molecule has 1 saturated carbocycles. The van der Waals surface area contributed by atoms with Crippen LogP contribution in [-0.2, 0) is 7.05 Å². The molecule has 4 aromatic heterocycles. The monoisotopic (exact) mass is 437 g/mol. The Labute approximate surface area is 181 Å². The lowest BCUT2D eigenvalue weighted by Crippen LogP contribution is -2.25. The first-order valence-electron chi connectivity index (χ1n) is 10.0. The number of aromatic nitrogens is 6. The average molecular weight is 437 g/mol. The summed E-state index contributed by atoms with van der Waals surface area (Å²) in [6.45, 7) is 1.36. The van der Waals surface area contributed by atoms with Crippen molar-refractivity contribution in [2.45, 2.75) is 26.2 Å². The minimum atomic E-state index is -2.71. The van der Waals surface area contributed by atoms with Gasteiger partial charge >= 0.3 is 0 Å². The van der Waals surface area contributed by atoms with E-state index in [1.165, 1.54) is 22.0 Å². The molecule has 5 rings (SSSR count). The molecule has 0 saturated heterocycles. The van der Waals surface area contributed by atoms with Crippen LogP contribution in [0.2, 0.25) is 0 Å². The van der Waals surface area contributed by atoms with Crippen molar-refractivity contribution in [3.05, 3.63) is 42.2 Å². The Morgan fingerprint density at radius 3 is 2.84 bits per heavy atom. The van der Waals surface area contributed by atoms with Crippen LogP contribution in [-0.4, -0.2) is 42.9 Å². The molecule has 0 radical (unpaired) electrons. The average Bonchev–Trinajstić information content (AvgIpc) is 3.39. The van der Waals surface area contributed by atoms with Gasteiger partial charge in [0.15, 0.2) is 5.82 Å². The van der Waals surface area contributed by atoms with Crippen LogP contribution in [0, 0.1) is 23.1 Å². The maximum absolute atomic E-state index is 15.0. The topological polar surface area (TPSA) is 72.6 Å². The Hall–Kier alpha value is -3.74. The molecule has 0 atom stereocenters. The highest BCUT2D eigenvalue weighted by Gasteiger charge is 2.35. The second kappa shape index (κ2) is 7.44. The van der Waals surface area contributed by atoms with Gasteiger partial charge in [-0.3, -0.25) is 4.98 Å². The van der Waals surface area contributed by atoms with Crippen molar-refractivity contribution in [3.8, 4) is 11.8 Å². The van der Waals surface area contributed by atoms with Crippen LogP contribution in [0.5, 0.6) is 0 Å². The maximum atomic E-state index is 15.0. The van der Waals surface area contributed by atoms with Gasteiger partial charge in [0.05, 0.1) is 18.1 Å². The van der Waals surface area contributed by atoms with E-state index in [4.69, 9.17) is 0 Å². The summed E-state index contributed by atoms with van der Waals surface area (Å²) in [4.78, 5) is 13.8. The van der Waals surface area contributed by atoms with Crippen molar-refractivity contribution < 1.29 is 13.2 Å². The van der Waals surface area contributed by atoms with Gasteiger partial charge in [-0.15, -0.1) is 5.10 Å². The quantitative estimate of drug-likeness (QED) is 0.450. The summed E-state index contributed by atoms with van der Waals surface area (Å²) >= 11 is 0. The third kappa shape index (κ3) is 3.60.